The third kappa shape index (κ3) is 2.96. The quantitative estimate of drug-likeness (QED) is 0.737. The van der Waals surface area contributed by atoms with Gasteiger partial charge >= 0.3 is 0 Å². The molecule has 6 heteroatoms. The molecule has 2 aromatic carbocycles. The van der Waals surface area contributed by atoms with Crippen molar-refractivity contribution in [2.75, 3.05) is 13.7 Å². The van der Waals surface area contributed by atoms with Gasteiger partial charge in [-0.2, -0.15) is 0 Å². The molecule has 0 spiro atoms. The standard InChI is InChI=1S/C20H23NO3S2/c1-3-14-9-11-15(12-10-14)17-18(20(17,13-24-2)19(21)25)26(22,23)16-7-5-4-6-8-16/h4-12,17-18H,3,13H2,1-2H3,(H2,21,25)/t17-,18-,20-/m1/s1. The molecule has 1 fully saturated rings. The molecule has 1 aliphatic carbocycles. The predicted molar refractivity (Wildman–Crippen MR) is 107 cm³/mol. The molecule has 0 saturated heterocycles. The Bertz CT molecular complexity index is 894. The number of hydrogen-bond donors (Lipinski definition) is 1. The second-order valence-corrected chi connectivity index (χ2v) is 9.20. The highest BCUT2D eigenvalue weighted by molar-refractivity contribution is 7.92. The summed E-state index contributed by atoms with van der Waals surface area (Å²) in [6.45, 7) is 2.26. The summed E-state index contributed by atoms with van der Waals surface area (Å²) in [5.41, 5.74) is 7.30. The van der Waals surface area contributed by atoms with Gasteiger partial charge in [0.2, 0.25) is 0 Å². The Balaban J connectivity index is 2.09. The van der Waals surface area contributed by atoms with Crippen LogP contribution in [0.4, 0.5) is 0 Å². The van der Waals surface area contributed by atoms with Crippen LogP contribution in [0.2, 0.25) is 0 Å². The number of methoxy groups -OCH3 is 1. The van der Waals surface area contributed by atoms with Crippen LogP contribution in [-0.2, 0) is 21.0 Å². The van der Waals surface area contributed by atoms with Gasteiger partial charge in [0.25, 0.3) is 0 Å². The molecule has 0 bridgehead atoms. The van der Waals surface area contributed by atoms with Crippen LogP contribution in [0, 0.1) is 5.41 Å². The highest BCUT2D eigenvalue weighted by Crippen LogP contribution is 2.64. The molecule has 2 N–H and O–H groups in total. The third-order valence-electron chi connectivity index (χ3n) is 5.25. The van der Waals surface area contributed by atoms with Crippen LogP contribution in [0.5, 0.6) is 0 Å². The monoisotopic (exact) mass is 389 g/mol. The lowest BCUT2D eigenvalue weighted by Gasteiger charge is -2.16. The van der Waals surface area contributed by atoms with Gasteiger partial charge in [-0.05, 0) is 29.7 Å². The van der Waals surface area contributed by atoms with Gasteiger partial charge in [-0.1, -0.05) is 61.6 Å². The Kier molecular flexibility index (Phi) is 5.19. The number of nitrogens with two attached hydrogens (primary N) is 1. The molecule has 0 unspecified atom stereocenters. The van der Waals surface area contributed by atoms with E-state index in [0.717, 1.165) is 12.0 Å². The van der Waals surface area contributed by atoms with Crippen LogP contribution < -0.4 is 5.73 Å². The number of ether oxygens (including phenoxy) is 1. The summed E-state index contributed by atoms with van der Waals surface area (Å²) in [7, 11) is -2.06. The summed E-state index contributed by atoms with van der Waals surface area (Å²) in [5, 5.41) is -0.720. The van der Waals surface area contributed by atoms with Crippen LogP contribution in [0.25, 0.3) is 0 Å². The first-order chi connectivity index (χ1) is 12.4. The number of thiocarbonyl (C=S) groups is 1. The van der Waals surface area contributed by atoms with Crippen molar-refractivity contribution in [1.82, 2.24) is 0 Å². The first-order valence-electron chi connectivity index (χ1n) is 8.56. The zero-order valence-corrected chi connectivity index (χ0v) is 16.5. The van der Waals surface area contributed by atoms with Gasteiger partial charge in [0.05, 0.1) is 27.2 Å². The number of benzene rings is 2. The van der Waals surface area contributed by atoms with E-state index < -0.39 is 20.5 Å². The van der Waals surface area contributed by atoms with E-state index in [9.17, 15) is 8.42 Å². The third-order valence-corrected chi connectivity index (χ3v) is 7.92. The lowest BCUT2D eigenvalue weighted by molar-refractivity contribution is 0.166. The molecule has 0 aromatic heterocycles. The van der Waals surface area contributed by atoms with Crippen molar-refractivity contribution >= 4 is 27.0 Å². The van der Waals surface area contributed by atoms with Gasteiger partial charge in [-0.3, -0.25) is 0 Å². The van der Waals surface area contributed by atoms with Crippen LogP contribution in [0.3, 0.4) is 0 Å². The van der Waals surface area contributed by atoms with Gasteiger partial charge in [-0.15, -0.1) is 0 Å². The van der Waals surface area contributed by atoms with E-state index in [2.05, 4.69) is 6.92 Å². The fourth-order valence-corrected chi connectivity index (χ4v) is 6.62. The van der Waals surface area contributed by atoms with Crippen LogP contribution in [0.15, 0.2) is 59.5 Å². The van der Waals surface area contributed by atoms with E-state index >= 15 is 0 Å². The van der Waals surface area contributed by atoms with E-state index in [1.807, 2.05) is 24.3 Å². The summed E-state index contributed by atoms with van der Waals surface area (Å²) in [6.07, 6.45) is 0.926. The molecule has 26 heavy (non-hydrogen) atoms. The summed E-state index contributed by atoms with van der Waals surface area (Å²) in [6, 6.07) is 16.5. The number of aryl methyl sites for hydroxylation is 1. The lowest BCUT2D eigenvalue weighted by Crippen LogP contribution is -2.33. The molecule has 3 atom stereocenters. The normalized spacial score (nSPS) is 25.0. The smallest absolute Gasteiger partial charge is 0.182 e. The minimum atomic E-state index is -3.60. The molecule has 3 rings (SSSR count). The Hall–Kier alpha value is -1.76. The van der Waals surface area contributed by atoms with Crippen molar-refractivity contribution in [2.45, 2.75) is 29.4 Å². The maximum absolute atomic E-state index is 13.3. The number of sulfone groups is 1. The second-order valence-electron chi connectivity index (χ2n) is 6.69. The van der Waals surface area contributed by atoms with E-state index in [1.54, 1.807) is 37.4 Å². The van der Waals surface area contributed by atoms with Crippen molar-refractivity contribution in [3.8, 4) is 0 Å². The van der Waals surface area contributed by atoms with E-state index in [4.69, 9.17) is 22.7 Å². The molecule has 0 amide bonds. The minimum absolute atomic E-state index is 0.180. The summed E-state index contributed by atoms with van der Waals surface area (Å²) < 4.78 is 32.0. The largest absolute Gasteiger partial charge is 0.393 e. The van der Waals surface area contributed by atoms with Crippen LogP contribution >= 0.6 is 12.2 Å². The zero-order chi connectivity index (χ0) is 18.9. The van der Waals surface area contributed by atoms with Gasteiger partial charge < -0.3 is 10.5 Å². The van der Waals surface area contributed by atoms with Crippen LogP contribution in [-0.4, -0.2) is 32.4 Å². The zero-order valence-electron chi connectivity index (χ0n) is 14.9. The molecule has 1 saturated carbocycles. The molecule has 4 nitrogen and oxygen atoms in total. The van der Waals surface area contributed by atoms with Gasteiger partial charge in [0.15, 0.2) is 9.84 Å². The molecule has 0 heterocycles. The van der Waals surface area contributed by atoms with Crippen molar-refractivity contribution in [3.05, 3.63) is 65.7 Å². The fraction of sp³-hybridized carbons (Fsp3) is 0.350. The average Bonchev–Trinajstić information content (AvgIpc) is 3.34. The van der Waals surface area contributed by atoms with Crippen molar-refractivity contribution in [2.24, 2.45) is 11.1 Å². The molecular formula is C20H23NO3S2. The fourth-order valence-electron chi connectivity index (χ4n) is 3.83. The lowest BCUT2D eigenvalue weighted by atomic mass is 9.98. The molecule has 0 aliphatic heterocycles. The molecule has 138 valence electrons. The van der Waals surface area contributed by atoms with Crippen LogP contribution in [0.1, 0.15) is 24.0 Å². The topological polar surface area (TPSA) is 69.4 Å². The number of rotatable bonds is 7. The van der Waals surface area contributed by atoms with Crippen molar-refractivity contribution in [3.63, 3.8) is 0 Å². The summed E-state index contributed by atoms with van der Waals surface area (Å²) in [4.78, 5) is 0.475. The van der Waals surface area contributed by atoms with Gasteiger partial charge in [0, 0.05) is 13.0 Å². The molecule has 1 aliphatic rings. The summed E-state index contributed by atoms with van der Waals surface area (Å²) >= 11 is 5.31. The summed E-state index contributed by atoms with van der Waals surface area (Å²) in [5.74, 6) is -0.309. The minimum Gasteiger partial charge on any atom is -0.393 e. The van der Waals surface area contributed by atoms with E-state index in [1.165, 1.54) is 5.56 Å². The first-order valence-corrected chi connectivity index (χ1v) is 10.5. The highest BCUT2D eigenvalue weighted by atomic mass is 32.2. The highest BCUT2D eigenvalue weighted by Gasteiger charge is 2.73. The SMILES string of the molecule is CCc1ccc([C@@H]2[C@@H](S(=O)(=O)c3ccccc3)[C@]2(COC)C(N)=S)cc1. The Morgan fingerprint density at radius 3 is 2.27 bits per heavy atom. The maximum Gasteiger partial charge on any atom is 0.182 e. The number of hydrogen-bond acceptors (Lipinski definition) is 4. The average molecular weight is 390 g/mol. The predicted octanol–water partition coefficient (Wildman–Crippen LogP) is 3.11. The van der Waals surface area contributed by atoms with Gasteiger partial charge in [-0.25, -0.2) is 8.42 Å². The molecule has 0 radical (unpaired) electrons. The molecular weight excluding hydrogens is 366 g/mol. The Morgan fingerprint density at radius 1 is 1.15 bits per heavy atom. The maximum atomic E-state index is 13.3. The molecule has 2 aromatic rings. The Labute approximate surface area is 160 Å². The van der Waals surface area contributed by atoms with E-state index in [0.29, 0.717) is 0 Å². The van der Waals surface area contributed by atoms with Gasteiger partial charge in [0.1, 0.15) is 0 Å². The van der Waals surface area contributed by atoms with E-state index in [-0.39, 0.29) is 22.4 Å². The Morgan fingerprint density at radius 2 is 1.77 bits per heavy atom. The van der Waals surface area contributed by atoms with Crippen molar-refractivity contribution < 1.29 is 13.2 Å². The first kappa shape index (κ1) is 19.0. The van der Waals surface area contributed by atoms with Crippen molar-refractivity contribution in [1.29, 1.82) is 0 Å². The second kappa shape index (κ2) is 7.10.